The van der Waals surface area contributed by atoms with Crippen LogP contribution in [0.3, 0.4) is 0 Å². The topological polar surface area (TPSA) is 38.9 Å². The van der Waals surface area contributed by atoms with E-state index in [-0.39, 0.29) is 0 Å². The Balaban J connectivity index is 2.05. The van der Waals surface area contributed by atoms with E-state index in [1.807, 2.05) is 18.2 Å². The highest BCUT2D eigenvalue weighted by Crippen LogP contribution is 2.44. The highest BCUT2D eigenvalue weighted by Gasteiger charge is 2.28. The predicted molar refractivity (Wildman–Crippen MR) is 67.4 cm³/mol. The van der Waals surface area contributed by atoms with Gasteiger partial charge in [0.15, 0.2) is 0 Å². The van der Waals surface area contributed by atoms with E-state index in [2.05, 4.69) is 12.1 Å². The van der Waals surface area contributed by atoms with Gasteiger partial charge < -0.3 is 5.73 Å². The van der Waals surface area contributed by atoms with Crippen LogP contribution >= 0.6 is 11.3 Å². The molecule has 2 nitrogen and oxygen atoms in total. The first-order chi connectivity index (χ1) is 7.88. The first kappa shape index (κ1) is 10.00. The predicted octanol–water partition coefficient (Wildman–Crippen LogP) is 3.15. The zero-order chi connectivity index (χ0) is 11.0. The van der Waals surface area contributed by atoms with Crippen LogP contribution in [0.1, 0.15) is 28.6 Å². The van der Waals surface area contributed by atoms with Gasteiger partial charge in [0.25, 0.3) is 0 Å². The van der Waals surface area contributed by atoms with Crippen LogP contribution in [-0.4, -0.2) is 4.98 Å². The summed E-state index contributed by atoms with van der Waals surface area (Å²) in [6.45, 7) is 0.592. The molecule has 1 heterocycles. The molecule has 16 heavy (non-hydrogen) atoms. The molecule has 0 radical (unpaired) electrons. The van der Waals surface area contributed by atoms with E-state index >= 15 is 0 Å². The summed E-state index contributed by atoms with van der Waals surface area (Å²) in [6.07, 6.45) is 2.59. The molecule has 1 saturated carbocycles. The molecule has 0 saturated heterocycles. The molecule has 1 aliphatic carbocycles. The Kier molecular flexibility index (Phi) is 2.50. The van der Waals surface area contributed by atoms with E-state index in [9.17, 15) is 0 Å². The summed E-state index contributed by atoms with van der Waals surface area (Å²) >= 11 is 1.79. The van der Waals surface area contributed by atoms with E-state index in [0.717, 1.165) is 5.69 Å². The molecule has 0 unspecified atom stereocenters. The standard InChI is InChI=1S/C13H14N2S/c14-8-11-12(9-4-2-1-3-5-9)15-13(16-11)10-6-7-10/h1-5,10H,6-8,14H2. The van der Waals surface area contributed by atoms with Crippen molar-refractivity contribution in [1.29, 1.82) is 0 Å². The van der Waals surface area contributed by atoms with Gasteiger partial charge in [0.1, 0.15) is 0 Å². The quantitative estimate of drug-likeness (QED) is 0.879. The number of hydrogen-bond donors (Lipinski definition) is 1. The first-order valence-corrected chi connectivity index (χ1v) is 6.45. The van der Waals surface area contributed by atoms with Gasteiger partial charge in [-0.25, -0.2) is 4.98 Å². The smallest absolute Gasteiger partial charge is 0.0966 e. The number of rotatable bonds is 3. The second-order valence-corrected chi connectivity index (χ2v) is 5.28. The summed E-state index contributed by atoms with van der Waals surface area (Å²) in [7, 11) is 0. The fourth-order valence-electron chi connectivity index (χ4n) is 1.83. The number of nitrogens with zero attached hydrogens (tertiary/aromatic N) is 1. The zero-order valence-corrected chi connectivity index (χ0v) is 9.83. The lowest BCUT2D eigenvalue weighted by molar-refractivity contribution is 1.07. The van der Waals surface area contributed by atoms with E-state index in [4.69, 9.17) is 10.7 Å². The Hall–Kier alpha value is -1.19. The summed E-state index contributed by atoms with van der Waals surface area (Å²) < 4.78 is 0. The Bertz CT molecular complexity index is 486. The van der Waals surface area contributed by atoms with Crippen molar-refractivity contribution < 1.29 is 0 Å². The molecule has 0 spiro atoms. The lowest BCUT2D eigenvalue weighted by Gasteiger charge is -1.98. The lowest BCUT2D eigenvalue weighted by atomic mass is 10.1. The van der Waals surface area contributed by atoms with Crippen molar-refractivity contribution in [2.75, 3.05) is 0 Å². The van der Waals surface area contributed by atoms with Gasteiger partial charge in [-0.15, -0.1) is 11.3 Å². The second-order valence-electron chi connectivity index (χ2n) is 4.17. The van der Waals surface area contributed by atoms with Crippen molar-refractivity contribution in [2.24, 2.45) is 5.73 Å². The average molecular weight is 230 g/mol. The van der Waals surface area contributed by atoms with Gasteiger partial charge in [0.05, 0.1) is 10.7 Å². The Morgan fingerprint density at radius 1 is 1.25 bits per heavy atom. The molecule has 0 amide bonds. The van der Waals surface area contributed by atoms with Crippen molar-refractivity contribution in [2.45, 2.75) is 25.3 Å². The van der Waals surface area contributed by atoms with Crippen molar-refractivity contribution in [3.8, 4) is 11.3 Å². The molecular weight excluding hydrogens is 216 g/mol. The van der Waals surface area contributed by atoms with Gasteiger partial charge in [0.2, 0.25) is 0 Å². The second kappa shape index (κ2) is 4.00. The number of hydrogen-bond acceptors (Lipinski definition) is 3. The molecule has 2 aromatic rings. The third-order valence-corrected chi connectivity index (χ3v) is 4.11. The van der Waals surface area contributed by atoms with Crippen LogP contribution < -0.4 is 5.73 Å². The minimum atomic E-state index is 0.592. The van der Waals surface area contributed by atoms with Crippen molar-refractivity contribution >= 4 is 11.3 Å². The van der Waals surface area contributed by atoms with E-state index in [1.54, 1.807) is 11.3 Å². The molecule has 1 aromatic carbocycles. The van der Waals surface area contributed by atoms with Crippen LogP contribution in [0.4, 0.5) is 0 Å². The van der Waals surface area contributed by atoms with Gasteiger partial charge >= 0.3 is 0 Å². The molecule has 82 valence electrons. The van der Waals surface area contributed by atoms with Crippen molar-refractivity contribution in [1.82, 2.24) is 4.98 Å². The van der Waals surface area contributed by atoms with Gasteiger partial charge in [-0.05, 0) is 12.8 Å². The number of nitrogens with two attached hydrogens (primary N) is 1. The highest BCUT2D eigenvalue weighted by molar-refractivity contribution is 7.12. The fourth-order valence-corrected chi connectivity index (χ4v) is 2.97. The normalized spacial score (nSPS) is 15.3. The number of benzene rings is 1. The summed E-state index contributed by atoms with van der Waals surface area (Å²) in [5.74, 6) is 0.716. The fraction of sp³-hybridized carbons (Fsp3) is 0.308. The maximum atomic E-state index is 5.79. The van der Waals surface area contributed by atoms with Crippen LogP contribution in [0.25, 0.3) is 11.3 Å². The zero-order valence-electron chi connectivity index (χ0n) is 9.02. The minimum Gasteiger partial charge on any atom is -0.326 e. The van der Waals surface area contributed by atoms with Crippen LogP contribution in [0.5, 0.6) is 0 Å². The molecule has 0 bridgehead atoms. The van der Waals surface area contributed by atoms with Gasteiger partial charge in [-0.1, -0.05) is 30.3 Å². The molecule has 1 fully saturated rings. The van der Waals surface area contributed by atoms with Crippen LogP contribution in [0.15, 0.2) is 30.3 Å². The molecule has 0 aliphatic heterocycles. The SMILES string of the molecule is NCc1sc(C2CC2)nc1-c1ccccc1. The Morgan fingerprint density at radius 3 is 2.62 bits per heavy atom. The third kappa shape index (κ3) is 1.77. The molecule has 1 aliphatic rings. The number of thiazole rings is 1. The average Bonchev–Trinajstić information content (AvgIpc) is 3.10. The summed E-state index contributed by atoms with van der Waals surface area (Å²) in [6, 6.07) is 10.3. The maximum absolute atomic E-state index is 5.79. The maximum Gasteiger partial charge on any atom is 0.0966 e. The monoisotopic (exact) mass is 230 g/mol. The van der Waals surface area contributed by atoms with E-state index < -0.39 is 0 Å². The van der Waals surface area contributed by atoms with Gasteiger partial charge in [-0.2, -0.15) is 0 Å². The molecule has 1 aromatic heterocycles. The molecule has 3 rings (SSSR count). The molecule has 3 heteroatoms. The highest BCUT2D eigenvalue weighted by atomic mass is 32.1. The van der Waals surface area contributed by atoms with Crippen molar-refractivity contribution in [3.05, 3.63) is 40.2 Å². The van der Waals surface area contributed by atoms with Crippen LogP contribution in [-0.2, 0) is 6.54 Å². The third-order valence-electron chi connectivity index (χ3n) is 2.87. The molecule has 0 atom stereocenters. The Morgan fingerprint density at radius 2 is 2.00 bits per heavy atom. The van der Waals surface area contributed by atoms with Crippen LogP contribution in [0, 0.1) is 0 Å². The summed E-state index contributed by atoms with van der Waals surface area (Å²) in [4.78, 5) is 5.97. The van der Waals surface area contributed by atoms with E-state index in [0.29, 0.717) is 12.5 Å². The van der Waals surface area contributed by atoms with Gasteiger partial charge in [-0.3, -0.25) is 0 Å². The van der Waals surface area contributed by atoms with Gasteiger partial charge in [0, 0.05) is 22.9 Å². The first-order valence-electron chi connectivity index (χ1n) is 5.63. The molecule has 2 N–H and O–H groups in total. The summed E-state index contributed by atoms with van der Waals surface area (Å²) in [5, 5.41) is 1.28. The minimum absolute atomic E-state index is 0.592. The largest absolute Gasteiger partial charge is 0.326 e. The lowest BCUT2D eigenvalue weighted by Crippen LogP contribution is -1.95. The van der Waals surface area contributed by atoms with Crippen molar-refractivity contribution in [3.63, 3.8) is 0 Å². The summed E-state index contributed by atoms with van der Waals surface area (Å²) in [5.41, 5.74) is 8.07. The number of aromatic nitrogens is 1. The van der Waals surface area contributed by atoms with E-state index in [1.165, 1.54) is 28.3 Å². The Labute approximate surface area is 99.1 Å². The molecular formula is C13H14N2S. The van der Waals surface area contributed by atoms with Crippen LogP contribution in [0.2, 0.25) is 0 Å².